The molecule has 0 amide bonds. The molecule has 2 N–H and O–H groups in total. The van der Waals surface area contributed by atoms with Crippen LogP contribution in [0.15, 0.2) is 33.2 Å². The molecule has 0 aliphatic rings. The predicted molar refractivity (Wildman–Crippen MR) is 59.6 cm³/mol. The third kappa shape index (κ3) is 2.05. The van der Waals surface area contributed by atoms with E-state index in [-0.39, 0.29) is 0 Å². The fourth-order valence-electron chi connectivity index (χ4n) is 0.947. The number of hydrogen-bond donors (Lipinski definition) is 1. The van der Waals surface area contributed by atoms with Crippen LogP contribution in [0.4, 0.5) is 5.69 Å². The lowest BCUT2D eigenvalue weighted by molar-refractivity contribution is 1.11. The molecule has 2 aromatic heterocycles. The lowest BCUT2D eigenvalue weighted by Crippen LogP contribution is -1.91. The van der Waals surface area contributed by atoms with Gasteiger partial charge in [0, 0.05) is 11.6 Å². The van der Waals surface area contributed by atoms with Crippen LogP contribution in [0.5, 0.6) is 0 Å². The zero-order valence-corrected chi connectivity index (χ0v) is 9.23. The largest absolute Gasteiger partial charge is 0.397 e. The van der Waals surface area contributed by atoms with Crippen molar-refractivity contribution in [3.05, 3.63) is 29.4 Å². The van der Waals surface area contributed by atoms with E-state index in [2.05, 4.69) is 9.97 Å². The van der Waals surface area contributed by atoms with Gasteiger partial charge in [-0.3, -0.25) is 0 Å². The molecule has 0 fully saturated rings. The molecule has 0 aliphatic carbocycles. The summed E-state index contributed by atoms with van der Waals surface area (Å²) in [6, 6.07) is 1.97. The molecule has 5 heteroatoms. The summed E-state index contributed by atoms with van der Waals surface area (Å²) in [5.74, 6) is 0. The van der Waals surface area contributed by atoms with E-state index in [0.29, 0.717) is 0 Å². The Morgan fingerprint density at radius 2 is 2.29 bits per heavy atom. The number of hydrogen-bond acceptors (Lipinski definition) is 5. The SMILES string of the molecule is Cc1cc(Sc2nccs2)ncc1N. The summed E-state index contributed by atoms with van der Waals surface area (Å²) >= 11 is 3.17. The second-order valence-corrected chi connectivity index (χ2v) is 4.94. The number of aromatic nitrogens is 2. The average molecular weight is 223 g/mol. The molecule has 0 atom stereocenters. The fourth-order valence-corrected chi connectivity index (χ4v) is 2.56. The fraction of sp³-hybridized carbons (Fsp3) is 0.111. The summed E-state index contributed by atoms with van der Waals surface area (Å²) in [6.07, 6.45) is 3.47. The summed E-state index contributed by atoms with van der Waals surface area (Å²) in [5, 5.41) is 2.89. The van der Waals surface area contributed by atoms with Gasteiger partial charge in [-0.1, -0.05) is 0 Å². The van der Waals surface area contributed by atoms with Crippen molar-refractivity contribution in [3.8, 4) is 0 Å². The number of aryl methyl sites for hydroxylation is 1. The second kappa shape index (κ2) is 3.98. The van der Waals surface area contributed by atoms with Gasteiger partial charge < -0.3 is 5.73 Å². The third-order valence-electron chi connectivity index (χ3n) is 1.73. The first kappa shape index (κ1) is 9.48. The minimum atomic E-state index is 0.730. The number of nitrogen functional groups attached to an aromatic ring is 1. The van der Waals surface area contributed by atoms with Crippen molar-refractivity contribution >= 4 is 28.8 Å². The van der Waals surface area contributed by atoms with E-state index in [1.165, 1.54) is 0 Å². The molecule has 0 saturated carbocycles. The monoisotopic (exact) mass is 223 g/mol. The Hall–Kier alpha value is -1.07. The Bertz CT molecular complexity index is 426. The molecule has 0 aliphatic heterocycles. The van der Waals surface area contributed by atoms with Crippen LogP contribution in [0.1, 0.15) is 5.56 Å². The van der Waals surface area contributed by atoms with E-state index in [4.69, 9.17) is 5.73 Å². The van der Waals surface area contributed by atoms with Crippen LogP contribution in [-0.4, -0.2) is 9.97 Å². The molecule has 2 aromatic rings. The van der Waals surface area contributed by atoms with Crippen LogP contribution in [0.25, 0.3) is 0 Å². The Balaban J connectivity index is 2.22. The molecule has 0 saturated heterocycles. The van der Waals surface area contributed by atoms with Crippen LogP contribution >= 0.6 is 23.1 Å². The van der Waals surface area contributed by atoms with E-state index in [1.807, 2.05) is 18.4 Å². The van der Waals surface area contributed by atoms with Gasteiger partial charge in [-0.2, -0.15) is 0 Å². The van der Waals surface area contributed by atoms with Gasteiger partial charge in [0.2, 0.25) is 0 Å². The van der Waals surface area contributed by atoms with Gasteiger partial charge in [0.1, 0.15) is 5.03 Å². The predicted octanol–water partition coefficient (Wildman–Crippen LogP) is 2.58. The van der Waals surface area contributed by atoms with Gasteiger partial charge in [0.05, 0.1) is 11.9 Å². The van der Waals surface area contributed by atoms with Crippen molar-refractivity contribution in [1.82, 2.24) is 9.97 Å². The quantitative estimate of drug-likeness (QED) is 0.850. The summed E-state index contributed by atoms with van der Waals surface area (Å²) in [4.78, 5) is 8.39. The highest BCUT2D eigenvalue weighted by molar-refractivity contribution is 8.00. The first-order valence-electron chi connectivity index (χ1n) is 4.05. The van der Waals surface area contributed by atoms with Gasteiger partial charge in [-0.15, -0.1) is 11.3 Å². The van der Waals surface area contributed by atoms with E-state index < -0.39 is 0 Å². The van der Waals surface area contributed by atoms with Crippen molar-refractivity contribution < 1.29 is 0 Å². The molecule has 3 nitrogen and oxygen atoms in total. The molecule has 2 heterocycles. The molecule has 0 radical (unpaired) electrons. The third-order valence-corrected chi connectivity index (χ3v) is 3.54. The minimum absolute atomic E-state index is 0.730. The van der Waals surface area contributed by atoms with Crippen molar-refractivity contribution in [2.24, 2.45) is 0 Å². The van der Waals surface area contributed by atoms with Crippen molar-refractivity contribution in [2.75, 3.05) is 5.73 Å². The second-order valence-electron chi connectivity index (χ2n) is 2.78. The minimum Gasteiger partial charge on any atom is -0.397 e. The first-order chi connectivity index (χ1) is 6.75. The Morgan fingerprint density at radius 3 is 2.93 bits per heavy atom. The summed E-state index contributed by atoms with van der Waals surface area (Å²) in [5.41, 5.74) is 7.46. The smallest absolute Gasteiger partial charge is 0.156 e. The molecular weight excluding hydrogens is 214 g/mol. The van der Waals surface area contributed by atoms with Gasteiger partial charge in [-0.25, -0.2) is 9.97 Å². The number of anilines is 1. The lowest BCUT2D eigenvalue weighted by Gasteiger charge is -2.01. The van der Waals surface area contributed by atoms with Gasteiger partial charge in [0.15, 0.2) is 4.34 Å². The highest BCUT2D eigenvalue weighted by atomic mass is 32.2. The molecule has 0 aromatic carbocycles. The highest BCUT2D eigenvalue weighted by Gasteiger charge is 2.02. The van der Waals surface area contributed by atoms with Crippen LogP contribution in [0.3, 0.4) is 0 Å². The van der Waals surface area contributed by atoms with Crippen molar-refractivity contribution in [1.29, 1.82) is 0 Å². The zero-order valence-electron chi connectivity index (χ0n) is 7.60. The molecular formula is C9H9N3S2. The van der Waals surface area contributed by atoms with Crippen LogP contribution in [-0.2, 0) is 0 Å². The van der Waals surface area contributed by atoms with Gasteiger partial charge in [-0.05, 0) is 30.3 Å². The molecule has 72 valence electrons. The maximum absolute atomic E-state index is 5.68. The Morgan fingerprint density at radius 1 is 1.43 bits per heavy atom. The zero-order chi connectivity index (χ0) is 9.97. The van der Waals surface area contributed by atoms with Crippen LogP contribution in [0.2, 0.25) is 0 Å². The Labute approximate surface area is 90.4 Å². The molecule has 0 bridgehead atoms. The average Bonchev–Trinajstić information content (AvgIpc) is 2.64. The molecule has 2 rings (SSSR count). The maximum Gasteiger partial charge on any atom is 0.156 e. The lowest BCUT2D eigenvalue weighted by atomic mass is 10.3. The van der Waals surface area contributed by atoms with Crippen molar-refractivity contribution in [3.63, 3.8) is 0 Å². The normalized spacial score (nSPS) is 10.4. The van der Waals surface area contributed by atoms with E-state index in [9.17, 15) is 0 Å². The summed E-state index contributed by atoms with van der Waals surface area (Å²) in [7, 11) is 0. The molecule has 14 heavy (non-hydrogen) atoms. The molecule has 0 unspecified atom stereocenters. The number of rotatable bonds is 2. The Kier molecular flexibility index (Phi) is 2.69. The first-order valence-corrected chi connectivity index (χ1v) is 5.75. The maximum atomic E-state index is 5.68. The van der Waals surface area contributed by atoms with Crippen molar-refractivity contribution in [2.45, 2.75) is 16.3 Å². The molecule has 0 spiro atoms. The van der Waals surface area contributed by atoms with Gasteiger partial charge >= 0.3 is 0 Å². The van der Waals surface area contributed by atoms with Crippen LogP contribution in [0, 0.1) is 6.92 Å². The van der Waals surface area contributed by atoms with E-state index in [1.54, 1.807) is 35.5 Å². The highest BCUT2D eigenvalue weighted by Crippen LogP contribution is 2.28. The number of thiazole rings is 1. The number of nitrogens with two attached hydrogens (primary N) is 1. The number of nitrogens with zero attached hydrogens (tertiary/aromatic N) is 2. The standard InChI is InChI=1S/C9H9N3S2/c1-6-4-8(12-5-7(6)10)14-9-11-2-3-13-9/h2-5H,10H2,1H3. The summed E-state index contributed by atoms with van der Waals surface area (Å²) < 4.78 is 1.00. The number of pyridine rings is 1. The van der Waals surface area contributed by atoms with Crippen LogP contribution < -0.4 is 5.73 Å². The topological polar surface area (TPSA) is 51.8 Å². The van der Waals surface area contributed by atoms with Gasteiger partial charge in [0.25, 0.3) is 0 Å². The van der Waals surface area contributed by atoms with E-state index >= 15 is 0 Å². The van der Waals surface area contributed by atoms with E-state index in [0.717, 1.165) is 20.6 Å². The summed E-state index contributed by atoms with van der Waals surface area (Å²) in [6.45, 7) is 1.98.